The Balaban J connectivity index is 2.18. The van der Waals surface area contributed by atoms with Gasteiger partial charge in [0.25, 0.3) is 0 Å². The van der Waals surface area contributed by atoms with Crippen LogP contribution in [0.1, 0.15) is 27.0 Å². The van der Waals surface area contributed by atoms with Gasteiger partial charge in [-0.25, -0.2) is 4.79 Å². The first-order chi connectivity index (χ1) is 9.65. The van der Waals surface area contributed by atoms with Gasteiger partial charge in [-0.2, -0.15) is 0 Å². The number of hydrogen-bond acceptors (Lipinski definition) is 5. The molecule has 0 aliphatic rings. The van der Waals surface area contributed by atoms with Crippen molar-refractivity contribution >= 4 is 39.5 Å². The van der Waals surface area contributed by atoms with Crippen LogP contribution in [0.25, 0.3) is 0 Å². The van der Waals surface area contributed by atoms with Crippen molar-refractivity contribution < 1.29 is 9.53 Å². The van der Waals surface area contributed by atoms with Crippen molar-refractivity contribution in [2.45, 2.75) is 13.8 Å². The fraction of sp³-hybridized carbons (Fsp3) is 0.286. The van der Waals surface area contributed by atoms with Gasteiger partial charge in [-0.3, -0.25) is 4.99 Å². The Kier molecular flexibility index (Phi) is 4.92. The summed E-state index contributed by atoms with van der Waals surface area (Å²) in [4.78, 5) is 17.7. The first kappa shape index (κ1) is 14.7. The molecule has 0 radical (unpaired) electrons. The molecule has 2 aromatic heterocycles. The summed E-state index contributed by atoms with van der Waals surface area (Å²) in [6, 6.07) is 5.93. The molecule has 20 heavy (non-hydrogen) atoms. The molecule has 0 saturated heterocycles. The predicted octanol–water partition coefficient (Wildman–Crippen LogP) is 3.78. The zero-order valence-electron chi connectivity index (χ0n) is 11.6. The normalized spacial score (nSPS) is 11.4. The van der Waals surface area contributed by atoms with Gasteiger partial charge in [0.15, 0.2) is 0 Å². The second kappa shape index (κ2) is 6.67. The molecule has 0 fully saturated rings. The SMILES string of the molecule is CCOC(=O)c1sc(NC(=NC)c2cccs2)cc1C. The molecule has 4 nitrogen and oxygen atoms in total. The summed E-state index contributed by atoms with van der Waals surface area (Å²) < 4.78 is 5.04. The van der Waals surface area contributed by atoms with Crippen molar-refractivity contribution in [3.05, 3.63) is 38.9 Å². The molecule has 0 saturated carbocycles. The van der Waals surface area contributed by atoms with Crippen LogP contribution in [0.2, 0.25) is 0 Å². The summed E-state index contributed by atoms with van der Waals surface area (Å²) in [7, 11) is 1.74. The fourth-order valence-corrected chi connectivity index (χ4v) is 3.38. The van der Waals surface area contributed by atoms with E-state index >= 15 is 0 Å². The van der Waals surface area contributed by atoms with Crippen LogP contribution >= 0.6 is 22.7 Å². The van der Waals surface area contributed by atoms with E-state index in [1.54, 1.807) is 25.3 Å². The number of esters is 1. The van der Waals surface area contributed by atoms with Gasteiger partial charge in [0.05, 0.1) is 16.5 Å². The minimum absolute atomic E-state index is 0.269. The number of thiophene rings is 2. The van der Waals surface area contributed by atoms with Crippen LogP contribution in [-0.2, 0) is 4.74 Å². The number of hydrogen-bond donors (Lipinski definition) is 1. The average Bonchev–Trinajstić information content (AvgIpc) is 3.05. The van der Waals surface area contributed by atoms with Gasteiger partial charge in [0, 0.05) is 7.05 Å². The largest absolute Gasteiger partial charge is 0.462 e. The first-order valence-corrected chi connectivity index (χ1v) is 7.90. The molecule has 1 N–H and O–H groups in total. The number of nitrogens with zero attached hydrogens (tertiary/aromatic N) is 1. The Morgan fingerprint density at radius 1 is 1.50 bits per heavy atom. The number of ether oxygens (including phenoxy) is 1. The molecule has 2 rings (SSSR count). The number of anilines is 1. The molecule has 0 aromatic carbocycles. The maximum absolute atomic E-state index is 11.8. The second-order valence-corrected chi connectivity index (χ2v) is 6.02. The predicted molar refractivity (Wildman–Crippen MR) is 85.4 cm³/mol. The Morgan fingerprint density at radius 2 is 2.30 bits per heavy atom. The monoisotopic (exact) mass is 308 g/mol. The van der Waals surface area contributed by atoms with Crippen molar-refractivity contribution in [3.8, 4) is 0 Å². The standard InChI is InChI=1S/C14H16N2O2S2/c1-4-18-14(17)12-9(2)8-11(20-12)16-13(15-3)10-6-5-7-19-10/h5-8H,4H2,1-3H3,(H,15,16). The zero-order valence-corrected chi connectivity index (χ0v) is 13.2. The molecule has 0 spiro atoms. The second-order valence-electron chi connectivity index (χ2n) is 4.02. The van der Waals surface area contributed by atoms with Crippen LogP contribution in [0.3, 0.4) is 0 Å². The van der Waals surface area contributed by atoms with E-state index in [1.165, 1.54) is 11.3 Å². The number of carbonyl (C=O) groups is 1. The van der Waals surface area contributed by atoms with Crippen LogP contribution in [0.5, 0.6) is 0 Å². The zero-order chi connectivity index (χ0) is 14.5. The Labute approximate surface area is 126 Å². The highest BCUT2D eigenvalue weighted by molar-refractivity contribution is 7.18. The number of carbonyl (C=O) groups excluding carboxylic acids is 1. The van der Waals surface area contributed by atoms with Gasteiger partial charge < -0.3 is 10.1 Å². The fourth-order valence-electron chi connectivity index (χ4n) is 1.70. The molecular formula is C14H16N2O2S2. The number of aliphatic imine (C=N–C) groups is 1. The summed E-state index contributed by atoms with van der Waals surface area (Å²) in [5.41, 5.74) is 0.914. The molecule has 0 unspecified atom stereocenters. The van der Waals surface area contributed by atoms with Gasteiger partial charge in [0.2, 0.25) is 0 Å². The Morgan fingerprint density at radius 3 is 2.90 bits per heavy atom. The van der Waals surface area contributed by atoms with Crippen molar-refractivity contribution in [1.82, 2.24) is 0 Å². The van der Waals surface area contributed by atoms with Crippen molar-refractivity contribution in [2.75, 3.05) is 19.0 Å². The summed E-state index contributed by atoms with van der Waals surface area (Å²) in [5.74, 6) is 0.533. The van der Waals surface area contributed by atoms with Gasteiger partial charge in [-0.1, -0.05) is 6.07 Å². The van der Waals surface area contributed by atoms with E-state index in [1.807, 2.05) is 30.5 Å². The molecular weight excluding hydrogens is 292 g/mol. The number of aryl methyl sites for hydroxylation is 1. The number of rotatable bonds is 4. The molecule has 0 bridgehead atoms. The third-order valence-corrected chi connectivity index (χ3v) is 4.61. The molecule has 6 heteroatoms. The van der Waals surface area contributed by atoms with E-state index in [2.05, 4.69) is 10.3 Å². The Hall–Kier alpha value is -1.66. The van der Waals surface area contributed by atoms with Crippen molar-refractivity contribution in [1.29, 1.82) is 0 Å². The van der Waals surface area contributed by atoms with Crippen LogP contribution in [0.15, 0.2) is 28.6 Å². The minimum atomic E-state index is -0.269. The molecule has 2 heterocycles. The average molecular weight is 308 g/mol. The molecule has 106 valence electrons. The lowest BCUT2D eigenvalue weighted by Gasteiger charge is -2.04. The van der Waals surface area contributed by atoms with Gasteiger partial charge in [-0.05, 0) is 36.9 Å². The quantitative estimate of drug-likeness (QED) is 0.531. The van der Waals surface area contributed by atoms with Crippen LogP contribution < -0.4 is 5.32 Å². The smallest absolute Gasteiger partial charge is 0.348 e. The van der Waals surface area contributed by atoms with Crippen molar-refractivity contribution in [3.63, 3.8) is 0 Å². The van der Waals surface area contributed by atoms with Gasteiger partial charge >= 0.3 is 5.97 Å². The van der Waals surface area contributed by atoms with E-state index in [9.17, 15) is 4.79 Å². The minimum Gasteiger partial charge on any atom is -0.462 e. The third-order valence-electron chi connectivity index (χ3n) is 2.60. The van der Waals surface area contributed by atoms with Crippen LogP contribution in [0, 0.1) is 6.92 Å². The Bertz CT molecular complexity index is 615. The molecule has 0 aliphatic carbocycles. The topological polar surface area (TPSA) is 50.7 Å². The maximum Gasteiger partial charge on any atom is 0.348 e. The van der Waals surface area contributed by atoms with E-state index in [4.69, 9.17) is 4.74 Å². The van der Waals surface area contributed by atoms with Crippen LogP contribution in [-0.4, -0.2) is 25.5 Å². The van der Waals surface area contributed by atoms with E-state index < -0.39 is 0 Å². The summed E-state index contributed by atoms with van der Waals surface area (Å²) >= 11 is 3.01. The highest BCUT2D eigenvalue weighted by Gasteiger charge is 2.15. The number of amidine groups is 1. The lowest BCUT2D eigenvalue weighted by atomic mass is 10.3. The first-order valence-electron chi connectivity index (χ1n) is 6.21. The summed E-state index contributed by atoms with van der Waals surface area (Å²) in [5, 5.41) is 6.15. The van der Waals surface area contributed by atoms with Crippen molar-refractivity contribution in [2.24, 2.45) is 4.99 Å². The van der Waals surface area contributed by atoms with Gasteiger partial charge in [-0.15, -0.1) is 22.7 Å². The highest BCUT2D eigenvalue weighted by atomic mass is 32.1. The van der Waals surface area contributed by atoms with Crippen LogP contribution in [0.4, 0.5) is 5.00 Å². The number of nitrogens with one attached hydrogen (secondary N) is 1. The molecule has 0 aliphatic heterocycles. The molecule has 0 amide bonds. The van der Waals surface area contributed by atoms with E-state index in [-0.39, 0.29) is 5.97 Å². The maximum atomic E-state index is 11.8. The molecule has 2 aromatic rings. The third kappa shape index (κ3) is 3.26. The summed E-state index contributed by atoms with van der Waals surface area (Å²) in [6.07, 6.45) is 0. The van der Waals surface area contributed by atoms with Gasteiger partial charge in [0.1, 0.15) is 10.7 Å². The molecule has 0 atom stereocenters. The van der Waals surface area contributed by atoms with E-state index in [0.29, 0.717) is 11.5 Å². The lowest BCUT2D eigenvalue weighted by Crippen LogP contribution is -2.10. The highest BCUT2D eigenvalue weighted by Crippen LogP contribution is 2.28. The lowest BCUT2D eigenvalue weighted by molar-refractivity contribution is 0.0531. The summed E-state index contributed by atoms with van der Waals surface area (Å²) in [6.45, 7) is 4.09. The van der Waals surface area contributed by atoms with E-state index in [0.717, 1.165) is 21.3 Å².